The van der Waals surface area contributed by atoms with E-state index >= 15 is 0 Å². The molecule has 1 aromatic carbocycles. The van der Waals surface area contributed by atoms with Crippen molar-refractivity contribution in [2.24, 2.45) is 0 Å². The lowest BCUT2D eigenvalue weighted by Gasteiger charge is -2.06. The van der Waals surface area contributed by atoms with Crippen LogP contribution in [-0.4, -0.2) is 24.4 Å². The Morgan fingerprint density at radius 1 is 1.16 bits per heavy atom. The molecule has 5 nitrogen and oxygen atoms in total. The molecule has 1 heterocycles. The number of aromatic nitrogens is 2. The van der Waals surface area contributed by atoms with Gasteiger partial charge in [-0.1, -0.05) is 12.1 Å². The van der Waals surface area contributed by atoms with Crippen molar-refractivity contribution in [2.45, 2.75) is 13.2 Å². The molecular weight excluding hydrogens is 242 g/mol. The van der Waals surface area contributed by atoms with Crippen LogP contribution >= 0.6 is 0 Å². The quantitative estimate of drug-likeness (QED) is 0.861. The standard InChI is InChI=1S/C14H17N3O2/c1-15-9-12-6-7-14(17-16-12)19-13-5-3-4-11(8-13)10-18-2/h3-8,15H,9-10H2,1-2H3. The fourth-order valence-electron chi connectivity index (χ4n) is 1.66. The highest BCUT2D eigenvalue weighted by Crippen LogP contribution is 2.20. The summed E-state index contributed by atoms with van der Waals surface area (Å²) in [7, 11) is 3.53. The topological polar surface area (TPSA) is 56.3 Å². The number of hydrogen-bond acceptors (Lipinski definition) is 5. The number of nitrogens with one attached hydrogen (secondary N) is 1. The Hall–Kier alpha value is -1.98. The molecule has 0 aliphatic heterocycles. The van der Waals surface area contributed by atoms with Crippen molar-refractivity contribution >= 4 is 0 Å². The van der Waals surface area contributed by atoms with Gasteiger partial charge in [-0.2, -0.15) is 5.10 Å². The molecule has 0 bridgehead atoms. The maximum atomic E-state index is 5.65. The van der Waals surface area contributed by atoms with Gasteiger partial charge in [-0.15, -0.1) is 5.10 Å². The first kappa shape index (κ1) is 13.5. The van der Waals surface area contributed by atoms with Gasteiger partial charge in [0.25, 0.3) is 0 Å². The van der Waals surface area contributed by atoms with Crippen molar-refractivity contribution in [1.29, 1.82) is 0 Å². The van der Waals surface area contributed by atoms with Gasteiger partial charge in [0.05, 0.1) is 12.3 Å². The smallest absolute Gasteiger partial charge is 0.238 e. The van der Waals surface area contributed by atoms with E-state index in [9.17, 15) is 0 Å². The summed E-state index contributed by atoms with van der Waals surface area (Å²) >= 11 is 0. The molecule has 0 amide bonds. The van der Waals surface area contributed by atoms with Crippen LogP contribution in [-0.2, 0) is 17.9 Å². The fourth-order valence-corrected chi connectivity index (χ4v) is 1.66. The molecule has 0 fully saturated rings. The molecule has 100 valence electrons. The number of rotatable bonds is 6. The number of nitrogens with zero attached hydrogens (tertiary/aromatic N) is 2. The minimum absolute atomic E-state index is 0.481. The summed E-state index contributed by atoms with van der Waals surface area (Å²) in [4.78, 5) is 0. The Morgan fingerprint density at radius 3 is 2.74 bits per heavy atom. The maximum absolute atomic E-state index is 5.65. The van der Waals surface area contributed by atoms with Crippen molar-refractivity contribution in [1.82, 2.24) is 15.5 Å². The highest BCUT2D eigenvalue weighted by atomic mass is 16.5. The van der Waals surface area contributed by atoms with Gasteiger partial charge in [-0.3, -0.25) is 0 Å². The summed E-state index contributed by atoms with van der Waals surface area (Å²) in [5.41, 5.74) is 1.93. The van der Waals surface area contributed by atoms with E-state index < -0.39 is 0 Å². The Bertz CT molecular complexity index is 514. The van der Waals surface area contributed by atoms with Crippen LogP contribution in [0.3, 0.4) is 0 Å². The van der Waals surface area contributed by atoms with Crippen LogP contribution < -0.4 is 10.1 Å². The highest BCUT2D eigenvalue weighted by Gasteiger charge is 2.01. The summed E-state index contributed by atoms with van der Waals surface area (Å²) in [5, 5.41) is 11.1. The zero-order valence-electron chi connectivity index (χ0n) is 11.1. The van der Waals surface area contributed by atoms with E-state index in [1.165, 1.54) is 0 Å². The van der Waals surface area contributed by atoms with E-state index in [-0.39, 0.29) is 0 Å². The molecule has 0 spiro atoms. The van der Waals surface area contributed by atoms with Crippen molar-refractivity contribution in [2.75, 3.05) is 14.2 Å². The maximum Gasteiger partial charge on any atom is 0.238 e. The van der Waals surface area contributed by atoms with Crippen LogP contribution in [0.15, 0.2) is 36.4 Å². The number of ether oxygens (including phenoxy) is 2. The second-order valence-corrected chi connectivity index (χ2v) is 4.08. The van der Waals surface area contributed by atoms with Crippen LogP contribution in [0.1, 0.15) is 11.3 Å². The van der Waals surface area contributed by atoms with Gasteiger partial charge in [0.15, 0.2) is 0 Å². The zero-order valence-corrected chi connectivity index (χ0v) is 11.1. The van der Waals surface area contributed by atoms with Crippen LogP contribution in [0, 0.1) is 0 Å². The van der Waals surface area contributed by atoms with Gasteiger partial charge in [0, 0.05) is 19.7 Å². The number of benzene rings is 1. The molecule has 5 heteroatoms. The third kappa shape index (κ3) is 4.01. The van der Waals surface area contributed by atoms with Crippen LogP contribution in [0.2, 0.25) is 0 Å². The Labute approximate surface area is 112 Å². The van der Waals surface area contributed by atoms with Crippen molar-refractivity contribution in [3.63, 3.8) is 0 Å². The summed E-state index contributed by atoms with van der Waals surface area (Å²) in [6, 6.07) is 11.4. The van der Waals surface area contributed by atoms with Gasteiger partial charge < -0.3 is 14.8 Å². The van der Waals surface area contributed by atoms with E-state index in [0.717, 1.165) is 17.0 Å². The van der Waals surface area contributed by atoms with Crippen molar-refractivity contribution in [3.05, 3.63) is 47.7 Å². The molecule has 0 saturated carbocycles. The predicted octanol–water partition coefficient (Wildman–Crippen LogP) is 2.13. The van der Waals surface area contributed by atoms with E-state index in [1.807, 2.05) is 43.4 Å². The Balaban J connectivity index is 2.05. The van der Waals surface area contributed by atoms with E-state index in [4.69, 9.17) is 9.47 Å². The highest BCUT2D eigenvalue weighted by molar-refractivity contribution is 5.31. The molecule has 1 aromatic heterocycles. The summed E-state index contributed by atoms with van der Waals surface area (Å²) in [5.74, 6) is 1.21. The number of methoxy groups -OCH3 is 1. The first-order chi connectivity index (χ1) is 9.31. The van der Waals surface area contributed by atoms with E-state index in [1.54, 1.807) is 7.11 Å². The average molecular weight is 259 g/mol. The third-order valence-electron chi connectivity index (χ3n) is 2.49. The van der Waals surface area contributed by atoms with Crippen molar-refractivity contribution < 1.29 is 9.47 Å². The zero-order chi connectivity index (χ0) is 13.5. The molecule has 0 radical (unpaired) electrons. The van der Waals surface area contributed by atoms with Gasteiger partial charge in [-0.05, 0) is 30.8 Å². The van der Waals surface area contributed by atoms with Crippen molar-refractivity contribution in [3.8, 4) is 11.6 Å². The summed E-state index contributed by atoms with van der Waals surface area (Å²) in [6.07, 6.45) is 0. The fraction of sp³-hybridized carbons (Fsp3) is 0.286. The average Bonchev–Trinajstić information content (AvgIpc) is 2.42. The second-order valence-electron chi connectivity index (χ2n) is 4.08. The molecular formula is C14H17N3O2. The van der Waals surface area contributed by atoms with Gasteiger partial charge in [0.1, 0.15) is 5.75 Å². The van der Waals surface area contributed by atoms with Gasteiger partial charge in [0.2, 0.25) is 5.88 Å². The largest absolute Gasteiger partial charge is 0.438 e. The molecule has 2 aromatic rings. The lowest BCUT2D eigenvalue weighted by molar-refractivity contribution is 0.184. The molecule has 0 saturated heterocycles. The Kier molecular flexibility index (Phi) is 4.83. The van der Waals surface area contributed by atoms with Gasteiger partial charge in [-0.25, -0.2) is 0 Å². The first-order valence-corrected chi connectivity index (χ1v) is 6.05. The molecule has 0 unspecified atom stereocenters. The lowest BCUT2D eigenvalue weighted by Crippen LogP contribution is -2.07. The van der Waals surface area contributed by atoms with E-state index in [2.05, 4.69) is 15.5 Å². The predicted molar refractivity (Wildman–Crippen MR) is 72.0 cm³/mol. The third-order valence-corrected chi connectivity index (χ3v) is 2.49. The molecule has 1 N–H and O–H groups in total. The molecule has 0 aliphatic rings. The first-order valence-electron chi connectivity index (χ1n) is 6.05. The van der Waals surface area contributed by atoms with E-state index in [0.29, 0.717) is 19.0 Å². The van der Waals surface area contributed by atoms with Crippen LogP contribution in [0.5, 0.6) is 11.6 Å². The van der Waals surface area contributed by atoms with Crippen LogP contribution in [0.4, 0.5) is 0 Å². The Morgan fingerprint density at radius 2 is 2.05 bits per heavy atom. The van der Waals surface area contributed by atoms with Gasteiger partial charge >= 0.3 is 0 Å². The molecule has 0 atom stereocenters. The normalized spacial score (nSPS) is 10.4. The molecule has 2 rings (SSSR count). The molecule has 0 aliphatic carbocycles. The second kappa shape index (κ2) is 6.82. The summed E-state index contributed by atoms with van der Waals surface area (Å²) in [6.45, 7) is 1.25. The minimum Gasteiger partial charge on any atom is -0.438 e. The SMILES string of the molecule is CNCc1ccc(Oc2cccc(COC)c2)nn1. The monoisotopic (exact) mass is 259 g/mol. The van der Waals surface area contributed by atoms with Crippen LogP contribution in [0.25, 0.3) is 0 Å². The lowest BCUT2D eigenvalue weighted by atomic mass is 10.2. The molecule has 19 heavy (non-hydrogen) atoms. The minimum atomic E-state index is 0.481. The number of hydrogen-bond donors (Lipinski definition) is 1. The summed E-state index contributed by atoms with van der Waals surface area (Å²) < 4.78 is 10.7.